The number of nitrogens with one attached hydrogen (secondary N) is 2. The second-order valence-corrected chi connectivity index (χ2v) is 8.19. The smallest absolute Gasteiger partial charge is 0.265 e. The summed E-state index contributed by atoms with van der Waals surface area (Å²) in [6.07, 6.45) is 0.742. The highest BCUT2D eigenvalue weighted by Crippen LogP contribution is 2.26. The van der Waals surface area contributed by atoms with Crippen LogP contribution in [0.2, 0.25) is 0 Å². The number of amides is 2. The topological polar surface area (TPSA) is 85.3 Å². The first-order chi connectivity index (χ1) is 14.4. The summed E-state index contributed by atoms with van der Waals surface area (Å²) in [7, 11) is 0. The van der Waals surface area contributed by atoms with Gasteiger partial charge in [0.15, 0.2) is 0 Å². The van der Waals surface area contributed by atoms with Crippen LogP contribution in [0.3, 0.4) is 0 Å². The Morgan fingerprint density at radius 2 is 1.90 bits per heavy atom. The zero-order valence-electron chi connectivity index (χ0n) is 17.9. The second kappa shape index (κ2) is 9.84. The maximum absolute atomic E-state index is 12.4. The van der Waals surface area contributed by atoms with Crippen molar-refractivity contribution in [2.75, 3.05) is 24.2 Å². The van der Waals surface area contributed by atoms with Gasteiger partial charge in [0.25, 0.3) is 11.8 Å². The van der Waals surface area contributed by atoms with E-state index in [1.54, 1.807) is 31.2 Å². The summed E-state index contributed by atoms with van der Waals surface area (Å²) in [5, 5.41) is 10.3. The van der Waals surface area contributed by atoms with Crippen LogP contribution in [-0.2, 0) is 22.5 Å². The summed E-state index contributed by atoms with van der Waals surface area (Å²) in [5.41, 5.74) is 4.54. The summed E-state index contributed by atoms with van der Waals surface area (Å²) >= 11 is 1.49. The van der Waals surface area contributed by atoms with Crippen molar-refractivity contribution in [2.45, 2.75) is 40.7 Å². The lowest BCUT2D eigenvalue weighted by molar-refractivity contribution is -0.112. The molecule has 2 N–H and O–H groups in total. The first-order valence-electron chi connectivity index (χ1n) is 10.1. The standard InChI is InChI=1S/C22H28N4O3S/c1-5-26-15(3)19(14(2)25-26)10-11-23-21(27)17-6-8-18(9-7-17)24-22(28)20-16(4)29-12-13-30-20/h6-9H,5,10-13H2,1-4H3,(H,23,27)(H,24,28). The van der Waals surface area contributed by atoms with Gasteiger partial charge >= 0.3 is 0 Å². The molecular formula is C22H28N4O3S. The van der Waals surface area contributed by atoms with Crippen molar-refractivity contribution in [1.82, 2.24) is 15.1 Å². The number of ether oxygens (including phenoxy) is 1. The molecule has 7 nitrogen and oxygen atoms in total. The van der Waals surface area contributed by atoms with Crippen LogP contribution in [0.15, 0.2) is 34.9 Å². The third-order valence-corrected chi connectivity index (χ3v) is 6.20. The van der Waals surface area contributed by atoms with Crippen molar-refractivity contribution in [2.24, 2.45) is 0 Å². The highest BCUT2D eigenvalue weighted by Gasteiger charge is 2.19. The highest BCUT2D eigenvalue weighted by molar-refractivity contribution is 8.04. The van der Waals surface area contributed by atoms with E-state index in [1.807, 2.05) is 11.6 Å². The molecule has 0 spiro atoms. The molecule has 3 rings (SSSR count). The molecule has 0 aliphatic carbocycles. The predicted molar refractivity (Wildman–Crippen MR) is 120 cm³/mol. The van der Waals surface area contributed by atoms with E-state index < -0.39 is 0 Å². The molecule has 2 aromatic rings. The molecule has 0 bridgehead atoms. The van der Waals surface area contributed by atoms with Crippen LogP contribution in [-0.4, -0.2) is 40.5 Å². The Morgan fingerprint density at radius 1 is 1.17 bits per heavy atom. The van der Waals surface area contributed by atoms with Crippen LogP contribution in [0, 0.1) is 13.8 Å². The summed E-state index contributed by atoms with van der Waals surface area (Å²) in [6, 6.07) is 6.89. The molecule has 1 aliphatic heterocycles. The number of nitrogens with zero attached hydrogens (tertiary/aromatic N) is 2. The minimum Gasteiger partial charge on any atom is -0.496 e. The lowest BCUT2D eigenvalue weighted by atomic mass is 10.1. The number of carbonyl (C=O) groups is 2. The second-order valence-electron chi connectivity index (χ2n) is 7.08. The van der Waals surface area contributed by atoms with Gasteiger partial charge in [-0.05, 0) is 63.9 Å². The van der Waals surface area contributed by atoms with Crippen LogP contribution < -0.4 is 10.6 Å². The molecule has 0 unspecified atom stereocenters. The van der Waals surface area contributed by atoms with Gasteiger partial charge in [-0.15, -0.1) is 11.8 Å². The van der Waals surface area contributed by atoms with Crippen molar-refractivity contribution >= 4 is 29.3 Å². The molecule has 0 fully saturated rings. The van der Waals surface area contributed by atoms with E-state index in [0.717, 1.165) is 30.1 Å². The Bertz CT molecular complexity index is 964. The SMILES string of the molecule is CCn1nc(C)c(CCNC(=O)c2ccc(NC(=O)C3=C(C)OCCS3)cc2)c1C. The summed E-state index contributed by atoms with van der Waals surface area (Å²) in [5.74, 6) is 1.08. The molecule has 1 aliphatic rings. The number of aryl methyl sites for hydroxylation is 2. The van der Waals surface area contributed by atoms with Gasteiger partial charge in [-0.3, -0.25) is 14.3 Å². The molecule has 2 heterocycles. The number of rotatable bonds is 7. The van der Waals surface area contributed by atoms with Gasteiger partial charge in [0.2, 0.25) is 0 Å². The van der Waals surface area contributed by atoms with Crippen molar-refractivity contribution < 1.29 is 14.3 Å². The molecule has 0 saturated heterocycles. The van der Waals surface area contributed by atoms with E-state index >= 15 is 0 Å². The van der Waals surface area contributed by atoms with Gasteiger partial charge in [-0.2, -0.15) is 5.10 Å². The van der Waals surface area contributed by atoms with Crippen LogP contribution >= 0.6 is 11.8 Å². The average Bonchev–Trinajstić information content (AvgIpc) is 3.02. The van der Waals surface area contributed by atoms with Crippen molar-refractivity contribution in [3.8, 4) is 0 Å². The number of aromatic nitrogens is 2. The summed E-state index contributed by atoms with van der Waals surface area (Å²) in [4.78, 5) is 25.4. The summed E-state index contributed by atoms with van der Waals surface area (Å²) < 4.78 is 7.41. The van der Waals surface area contributed by atoms with E-state index in [2.05, 4.69) is 29.6 Å². The van der Waals surface area contributed by atoms with E-state index in [-0.39, 0.29) is 11.8 Å². The number of allylic oxidation sites excluding steroid dienone is 1. The number of thioether (sulfide) groups is 1. The van der Waals surface area contributed by atoms with E-state index in [1.165, 1.54) is 17.3 Å². The Labute approximate surface area is 181 Å². The number of benzene rings is 1. The maximum Gasteiger partial charge on any atom is 0.265 e. The van der Waals surface area contributed by atoms with Crippen molar-refractivity contribution in [3.63, 3.8) is 0 Å². The molecule has 1 aromatic carbocycles. The lowest BCUT2D eigenvalue weighted by Gasteiger charge is -2.17. The zero-order chi connectivity index (χ0) is 21.7. The average molecular weight is 429 g/mol. The van der Waals surface area contributed by atoms with Gasteiger partial charge < -0.3 is 15.4 Å². The van der Waals surface area contributed by atoms with Gasteiger partial charge in [-0.1, -0.05) is 0 Å². The van der Waals surface area contributed by atoms with Crippen LogP contribution in [0.5, 0.6) is 0 Å². The Morgan fingerprint density at radius 3 is 2.53 bits per heavy atom. The summed E-state index contributed by atoms with van der Waals surface area (Å²) in [6.45, 7) is 9.92. The molecule has 30 heavy (non-hydrogen) atoms. The fraction of sp³-hybridized carbons (Fsp3) is 0.409. The maximum atomic E-state index is 12.4. The third-order valence-electron chi connectivity index (χ3n) is 5.07. The van der Waals surface area contributed by atoms with Gasteiger partial charge in [-0.25, -0.2) is 0 Å². The number of hydrogen-bond donors (Lipinski definition) is 2. The van der Waals surface area contributed by atoms with Gasteiger partial charge in [0, 0.05) is 35.8 Å². The molecule has 0 radical (unpaired) electrons. The number of carbonyl (C=O) groups excluding carboxylic acids is 2. The number of hydrogen-bond acceptors (Lipinski definition) is 5. The number of anilines is 1. The van der Waals surface area contributed by atoms with Gasteiger partial charge in [0.1, 0.15) is 10.7 Å². The Kier molecular flexibility index (Phi) is 7.20. The first kappa shape index (κ1) is 22.0. The molecule has 1 aromatic heterocycles. The first-order valence-corrected chi connectivity index (χ1v) is 11.1. The molecular weight excluding hydrogens is 400 g/mol. The van der Waals surface area contributed by atoms with E-state index in [0.29, 0.717) is 35.1 Å². The van der Waals surface area contributed by atoms with E-state index in [4.69, 9.17) is 4.74 Å². The normalized spacial score (nSPS) is 13.7. The van der Waals surface area contributed by atoms with Crippen molar-refractivity contribution in [1.29, 1.82) is 0 Å². The molecule has 0 atom stereocenters. The molecule has 0 saturated carbocycles. The lowest BCUT2D eigenvalue weighted by Crippen LogP contribution is -2.26. The van der Waals surface area contributed by atoms with Crippen molar-refractivity contribution in [3.05, 3.63) is 57.4 Å². The molecule has 160 valence electrons. The van der Waals surface area contributed by atoms with Gasteiger partial charge in [0.05, 0.1) is 12.3 Å². The molecule has 2 amide bonds. The van der Waals surface area contributed by atoms with Crippen LogP contribution in [0.25, 0.3) is 0 Å². The fourth-order valence-electron chi connectivity index (χ4n) is 3.43. The highest BCUT2D eigenvalue weighted by atomic mass is 32.2. The zero-order valence-corrected chi connectivity index (χ0v) is 18.7. The Balaban J connectivity index is 1.54. The quantitative estimate of drug-likeness (QED) is 0.706. The minimum atomic E-state index is -0.187. The monoisotopic (exact) mass is 428 g/mol. The molecule has 8 heteroatoms. The van der Waals surface area contributed by atoms with Crippen LogP contribution in [0.4, 0.5) is 5.69 Å². The predicted octanol–water partition coefficient (Wildman–Crippen LogP) is 3.43. The van der Waals surface area contributed by atoms with Crippen LogP contribution in [0.1, 0.15) is 41.2 Å². The third kappa shape index (κ3) is 5.05. The fourth-order valence-corrected chi connectivity index (χ4v) is 4.25. The largest absolute Gasteiger partial charge is 0.496 e. The minimum absolute atomic E-state index is 0.138. The van der Waals surface area contributed by atoms with E-state index in [9.17, 15) is 9.59 Å². The Hall–Kier alpha value is -2.74.